The second kappa shape index (κ2) is 6.03. The molecule has 4 heteroatoms. The molecule has 0 amide bonds. The summed E-state index contributed by atoms with van der Waals surface area (Å²) in [6.07, 6.45) is 4.94. The molecule has 0 radical (unpaired) electrons. The highest BCUT2D eigenvalue weighted by Crippen LogP contribution is 2.20. The van der Waals surface area contributed by atoms with E-state index in [2.05, 4.69) is 23.4 Å². The smallest absolute Gasteiger partial charge is 0.0534 e. The molecule has 0 spiro atoms. The number of nitrogens with zero attached hydrogens (tertiary/aromatic N) is 2. The summed E-state index contributed by atoms with van der Waals surface area (Å²) in [6.45, 7) is 2.99. The predicted molar refractivity (Wildman–Crippen MR) is 74.5 cm³/mol. The second-order valence-corrected chi connectivity index (χ2v) is 4.86. The van der Waals surface area contributed by atoms with Gasteiger partial charge in [0.25, 0.3) is 0 Å². The lowest BCUT2D eigenvalue weighted by Crippen LogP contribution is -2.20. The van der Waals surface area contributed by atoms with Gasteiger partial charge in [-0.15, -0.1) is 0 Å². The van der Waals surface area contributed by atoms with Gasteiger partial charge >= 0.3 is 0 Å². The van der Waals surface area contributed by atoms with Crippen LogP contribution in [-0.4, -0.2) is 9.78 Å². The minimum atomic E-state index is 0.323. The van der Waals surface area contributed by atoms with E-state index < -0.39 is 0 Å². The van der Waals surface area contributed by atoms with Gasteiger partial charge in [-0.05, 0) is 24.1 Å². The Hall–Kier alpha value is -1.32. The maximum absolute atomic E-state index is 6.03. The van der Waals surface area contributed by atoms with Crippen LogP contribution in [0, 0.1) is 0 Å². The van der Waals surface area contributed by atoms with Crippen LogP contribution in [0.4, 0.5) is 0 Å². The molecular formula is C14H18ClN3. The maximum atomic E-state index is 6.03. The van der Waals surface area contributed by atoms with Crippen molar-refractivity contribution in [2.45, 2.75) is 25.9 Å². The molecule has 0 aliphatic carbocycles. The first-order valence-electron chi connectivity index (χ1n) is 6.15. The molecule has 0 bridgehead atoms. The van der Waals surface area contributed by atoms with Crippen LogP contribution in [0.5, 0.6) is 0 Å². The summed E-state index contributed by atoms with van der Waals surface area (Å²) in [5.74, 6) is 0. The number of benzene rings is 1. The number of rotatable bonds is 5. The van der Waals surface area contributed by atoms with Gasteiger partial charge in [-0.2, -0.15) is 5.10 Å². The average Bonchev–Trinajstić information content (AvgIpc) is 2.76. The summed E-state index contributed by atoms with van der Waals surface area (Å²) in [4.78, 5) is 0. The van der Waals surface area contributed by atoms with Crippen LogP contribution in [0.1, 0.15) is 30.5 Å². The van der Waals surface area contributed by atoms with E-state index in [9.17, 15) is 0 Å². The van der Waals surface area contributed by atoms with Gasteiger partial charge in [-0.25, -0.2) is 0 Å². The van der Waals surface area contributed by atoms with Crippen LogP contribution in [0.3, 0.4) is 0 Å². The predicted octanol–water partition coefficient (Wildman–Crippen LogP) is 3.31. The van der Waals surface area contributed by atoms with Gasteiger partial charge in [0.1, 0.15) is 0 Å². The van der Waals surface area contributed by atoms with Crippen LogP contribution in [-0.2, 0) is 13.6 Å². The fourth-order valence-electron chi connectivity index (χ4n) is 2.03. The molecule has 1 aromatic heterocycles. The molecule has 0 aliphatic rings. The Kier molecular flexibility index (Phi) is 4.39. The molecule has 3 nitrogen and oxygen atoms in total. The fraction of sp³-hybridized carbons (Fsp3) is 0.357. The van der Waals surface area contributed by atoms with Gasteiger partial charge in [0.15, 0.2) is 0 Å². The molecule has 1 aromatic carbocycles. The third-order valence-electron chi connectivity index (χ3n) is 2.97. The van der Waals surface area contributed by atoms with E-state index in [1.165, 1.54) is 11.1 Å². The highest BCUT2D eigenvalue weighted by atomic mass is 35.5. The Labute approximate surface area is 113 Å². The lowest BCUT2D eigenvalue weighted by atomic mass is 10.0. The van der Waals surface area contributed by atoms with Gasteiger partial charge in [0.2, 0.25) is 0 Å². The van der Waals surface area contributed by atoms with Crippen molar-refractivity contribution in [3.63, 3.8) is 0 Å². The van der Waals surface area contributed by atoms with Gasteiger partial charge in [0.05, 0.1) is 6.20 Å². The third kappa shape index (κ3) is 3.34. The van der Waals surface area contributed by atoms with E-state index in [0.717, 1.165) is 18.0 Å². The van der Waals surface area contributed by atoms with E-state index in [1.54, 1.807) is 0 Å². The summed E-state index contributed by atoms with van der Waals surface area (Å²) in [5, 5.41) is 8.48. The zero-order valence-corrected chi connectivity index (χ0v) is 11.5. The summed E-state index contributed by atoms with van der Waals surface area (Å²) in [6, 6.07) is 8.34. The normalized spacial score (nSPS) is 12.6. The summed E-state index contributed by atoms with van der Waals surface area (Å²) in [7, 11) is 1.93. The first kappa shape index (κ1) is 13.1. The Morgan fingerprint density at radius 1 is 1.44 bits per heavy atom. The zero-order valence-electron chi connectivity index (χ0n) is 10.7. The summed E-state index contributed by atoms with van der Waals surface area (Å²) >= 11 is 6.03. The molecule has 1 atom stereocenters. The number of hydrogen-bond donors (Lipinski definition) is 1. The third-order valence-corrected chi connectivity index (χ3v) is 3.21. The van der Waals surface area contributed by atoms with Crippen LogP contribution in [0.2, 0.25) is 5.02 Å². The molecule has 0 fully saturated rings. The lowest BCUT2D eigenvalue weighted by molar-refractivity contribution is 0.519. The van der Waals surface area contributed by atoms with Crippen molar-refractivity contribution in [1.82, 2.24) is 15.1 Å². The monoisotopic (exact) mass is 263 g/mol. The van der Waals surface area contributed by atoms with Crippen molar-refractivity contribution in [1.29, 1.82) is 0 Å². The number of hydrogen-bond acceptors (Lipinski definition) is 2. The zero-order chi connectivity index (χ0) is 13.0. The number of aryl methyl sites for hydroxylation is 1. The highest BCUT2D eigenvalue weighted by molar-refractivity contribution is 6.30. The second-order valence-electron chi connectivity index (χ2n) is 4.42. The first-order chi connectivity index (χ1) is 8.69. The highest BCUT2D eigenvalue weighted by Gasteiger charge is 2.09. The van der Waals surface area contributed by atoms with Crippen molar-refractivity contribution in [2.24, 2.45) is 7.05 Å². The molecule has 0 saturated heterocycles. The number of nitrogens with one attached hydrogen (secondary N) is 1. The van der Waals surface area contributed by atoms with E-state index in [1.807, 2.05) is 42.3 Å². The van der Waals surface area contributed by atoms with Gasteiger partial charge < -0.3 is 5.32 Å². The van der Waals surface area contributed by atoms with E-state index in [0.29, 0.717) is 6.04 Å². The molecule has 0 aliphatic heterocycles. The Morgan fingerprint density at radius 3 is 2.89 bits per heavy atom. The van der Waals surface area contributed by atoms with Crippen molar-refractivity contribution >= 4 is 11.6 Å². The first-order valence-corrected chi connectivity index (χ1v) is 6.53. The molecule has 0 unspecified atom stereocenters. The van der Waals surface area contributed by atoms with Crippen LogP contribution < -0.4 is 5.32 Å². The average molecular weight is 264 g/mol. The van der Waals surface area contributed by atoms with E-state index in [4.69, 9.17) is 11.6 Å². The summed E-state index contributed by atoms with van der Waals surface area (Å²) < 4.78 is 1.82. The minimum Gasteiger partial charge on any atom is -0.306 e. The van der Waals surface area contributed by atoms with E-state index in [-0.39, 0.29) is 0 Å². The number of halogens is 1. The van der Waals surface area contributed by atoms with Crippen molar-refractivity contribution in [2.75, 3.05) is 0 Å². The van der Waals surface area contributed by atoms with Crippen molar-refractivity contribution in [3.05, 3.63) is 52.8 Å². The Bertz CT molecular complexity index is 507. The molecule has 2 aromatic rings. The van der Waals surface area contributed by atoms with Crippen LogP contribution >= 0.6 is 11.6 Å². The van der Waals surface area contributed by atoms with Gasteiger partial charge in [0, 0.05) is 36.4 Å². The quantitative estimate of drug-likeness (QED) is 0.897. The van der Waals surface area contributed by atoms with Crippen molar-refractivity contribution < 1.29 is 0 Å². The van der Waals surface area contributed by atoms with Gasteiger partial charge in [-0.1, -0.05) is 30.7 Å². The molecule has 18 heavy (non-hydrogen) atoms. The topological polar surface area (TPSA) is 29.9 Å². The molecule has 0 saturated carbocycles. The van der Waals surface area contributed by atoms with E-state index >= 15 is 0 Å². The molecule has 2 rings (SSSR count). The van der Waals surface area contributed by atoms with Gasteiger partial charge in [-0.3, -0.25) is 4.68 Å². The lowest BCUT2D eigenvalue weighted by Gasteiger charge is -2.17. The molecular weight excluding hydrogens is 246 g/mol. The molecule has 1 N–H and O–H groups in total. The number of aromatic nitrogens is 2. The molecule has 96 valence electrons. The Balaban J connectivity index is 2.01. The largest absolute Gasteiger partial charge is 0.306 e. The van der Waals surface area contributed by atoms with Crippen molar-refractivity contribution in [3.8, 4) is 0 Å². The van der Waals surface area contributed by atoms with Crippen LogP contribution in [0.25, 0.3) is 0 Å². The summed E-state index contributed by atoms with van der Waals surface area (Å²) in [5.41, 5.74) is 2.42. The fourth-order valence-corrected chi connectivity index (χ4v) is 2.22. The maximum Gasteiger partial charge on any atom is 0.0534 e. The Morgan fingerprint density at radius 2 is 2.28 bits per heavy atom. The van der Waals surface area contributed by atoms with Crippen LogP contribution in [0.15, 0.2) is 36.7 Å². The standard InChI is InChI=1S/C14H18ClN3/c1-3-14(12-5-4-6-13(15)7-12)16-8-11-9-17-18(2)10-11/h4-7,9-10,14,16H,3,8H2,1-2H3/t14-/m1/s1. The minimum absolute atomic E-state index is 0.323. The molecule has 1 heterocycles. The SMILES string of the molecule is CC[C@@H](NCc1cnn(C)c1)c1cccc(Cl)c1.